The van der Waals surface area contributed by atoms with Crippen molar-refractivity contribution in [1.82, 2.24) is 15.5 Å². The molecule has 0 unspecified atom stereocenters. The van der Waals surface area contributed by atoms with E-state index in [-0.39, 0.29) is 18.3 Å². The van der Waals surface area contributed by atoms with Gasteiger partial charge in [0, 0.05) is 16.7 Å². The average molecular weight is 340 g/mol. The molecule has 2 aromatic rings. The number of benzene rings is 1. The Hall–Kier alpha value is -1.69. The van der Waals surface area contributed by atoms with Crippen LogP contribution in [0.3, 0.4) is 0 Å². The second-order valence-corrected chi connectivity index (χ2v) is 5.30. The fourth-order valence-electron chi connectivity index (χ4n) is 1.82. The summed E-state index contributed by atoms with van der Waals surface area (Å²) in [5, 5.41) is 9.51. The Bertz CT molecular complexity index is 612. The average Bonchev–Trinajstić information content (AvgIpc) is 2.88. The summed E-state index contributed by atoms with van der Waals surface area (Å²) in [7, 11) is 0. The van der Waals surface area contributed by atoms with Crippen LogP contribution in [-0.4, -0.2) is 16.1 Å². The van der Waals surface area contributed by atoms with Crippen molar-refractivity contribution in [2.24, 2.45) is 0 Å². The van der Waals surface area contributed by atoms with Gasteiger partial charge in [0.2, 0.25) is 0 Å². The maximum absolute atomic E-state index is 13.1. The van der Waals surface area contributed by atoms with Gasteiger partial charge in [0.1, 0.15) is 11.5 Å². The first kappa shape index (κ1) is 14.7. The molecule has 1 aromatic carbocycles. The molecule has 0 saturated carbocycles. The summed E-state index contributed by atoms with van der Waals surface area (Å²) in [5.41, 5.74) is 1.97. The molecule has 1 amide bonds. The van der Waals surface area contributed by atoms with Gasteiger partial charge in [-0.3, -0.25) is 9.89 Å². The number of aromatic amines is 1. The third kappa shape index (κ3) is 3.66. The first-order valence-electron chi connectivity index (χ1n) is 6.36. The molecule has 2 N–H and O–H groups in total. The number of carbonyl (C=O) groups excluding carboxylic acids is 1. The van der Waals surface area contributed by atoms with Crippen LogP contribution in [0.1, 0.15) is 35.1 Å². The maximum Gasteiger partial charge on any atom is 0.272 e. The number of H-pyrrole nitrogens is 1. The predicted octanol–water partition coefficient (Wildman–Crippen LogP) is 3.19. The van der Waals surface area contributed by atoms with E-state index in [0.717, 1.165) is 23.0 Å². The summed E-state index contributed by atoms with van der Waals surface area (Å²) >= 11 is 3.32. The highest BCUT2D eigenvalue weighted by molar-refractivity contribution is 9.10. The Morgan fingerprint density at radius 3 is 3.00 bits per heavy atom. The van der Waals surface area contributed by atoms with Gasteiger partial charge in [-0.25, -0.2) is 4.39 Å². The smallest absolute Gasteiger partial charge is 0.272 e. The maximum atomic E-state index is 13.1. The standard InChI is InChI=1S/C14H15BrFN3O/c1-2-3-11-7-13(19-18-11)14(20)17-8-9-6-10(16)4-5-12(9)15/h4-7H,2-3,8H2,1H3,(H,17,20)(H,18,19). The van der Waals surface area contributed by atoms with Gasteiger partial charge in [-0.15, -0.1) is 0 Å². The molecule has 0 radical (unpaired) electrons. The zero-order valence-corrected chi connectivity index (χ0v) is 12.6. The van der Waals surface area contributed by atoms with Crippen LogP contribution in [0.15, 0.2) is 28.7 Å². The molecule has 106 valence electrons. The number of rotatable bonds is 5. The van der Waals surface area contributed by atoms with Crippen molar-refractivity contribution in [2.75, 3.05) is 0 Å². The summed E-state index contributed by atoms with van der Waals surface area (Å²) in [6.07, 6.45) is 1.84. The summed E-state index contributed by atoms with van der Waals surface area (Å²) in [6.45, 7) is 2.30. The van der Waals surface area contributed by atoms with E-state index in [0.29, 0.717) is 11.3 Å². The van der Waals surface area contributed by atoms with E-state index >= 15 is 0 Å². The Kier molecular flexibility index (Phi) is 4.89. The van der Waals surface area contributed by atoms with Crippen molar-refractivity contribution in [1.29, 1.82) is 0 Å². The SMILES string of the molecule is CCCc1cc(C(=O)NCc2cc(F)ccc2Br)n[nH]1. The number of hydrogen-bond acceptors (Lipinski definition) is 2. The monoisotopic (exact) mass is 339 g/mol. The Morgan fingerprint density at radius 2 is 2.25 bits per heavy atom. The summed E-state index contributed by atoms with van der Waals surface area (Å²) < 4.78 is 13.9. The van der Waals surface area contributed by atoms with Gasteiger partial charge in [-0.05, 0) is 36.2 Å². The fourth-order valence-corrected chi connectivity index (χ4v) is 2.21. The topological polar surface area (TPSA) is 57.8 Å². The summed E-state index contributed by atoms with van der Waals surface area (Å²) in [6, 6.07) is 6.10. The number of halogens is 2. The van der Waals surface area contributed by atoms with Crippen LogP contribution in [0.5, 0.6) is 0 Å². The molecule has 0 saturated heterocycles. The van der Waals surface area contributed by atoms with Crippen molar-refractivity contribution in [3.05, 3.63) is 51.5 Å². The van der Waals surface area contributed by atoms with Gasteiger partial charge < -0.3 is 5.32 Å². The molecule has 0 fully saturated rings. The van der Waals surface area contributed by atoms with Crippen molar-refractivity contribution >= 4 is 21.8 Å². The van der Waals surface area contributed by atoms with E-state index in [2.05, 4.69) is 38.4 Å². The van der Waals surface area contributed by atoms with Gasteiger partial charge in [0.15, 0.2) is 0 Å². The lowest BCUT2D eigenvalue weighted by atomic mass is 10.2. The molecule has 2 rings (SSSR count). The Balaban J connectivity index is 1.99. The number of amides is 1. The van der Waals surface area contributed by atoms with Gasteiger partial charge in [-0.2, -0.15) is 5.10 Å². The Labute approximate surface area is 124 Å². The second-order valence-electron chi connectivity index (χ2n) is 4.45. The van der Waals surface area contributed by atoms with Crippen LogP contribution < -0.4 is 5.32 Å². The minimum atomic E-state index is -0.331. The molecule has 0 bridgehead atoms. The Morgan fingerprint density at radius 1 is 1.45 bits per heavy atom. The highest BCUT2D eigenvalue weighted by Crippen LogP contribution is 2.17. The fraction of sp³-hybridized carbons (Fsp3) is 0.286. The summed E-state index contributed by atoms with van der Waals surface area (Å²) in [5.74, 6) is -0.609. The van der Waals surface area contributed by atoms with Crippen LogP contribution >= 0.6 is 15.9 Å². The third-order valence-electron chi connectivity index (χ3n) is 2.83. The van der Waals surface area contributed by atoms with E-state index in [9.17, 15) is 9.18 Å². The molecular formula is C14H15BrFN3O. The number of hydrogen-bond donors (Lipinski definition) is 2. The van der Waals surface area contributed by atoms with Gasteiger partial charge >= 0.3 is 0 Å². The van der Waals surface area contributed by atoms with Gasteiger partial charge in [0.05, 0.1) is 0 Å². The lowest BCUT2D eigenvalue weighted by Crippen LogP contribution is -2.23. The van der Waals surface area contributed by atoms with Crippen LogP contribution in [0.25, 0.3) is 0 Å². The molecule has 0 spiro atoms. The number of aryl methyl sites for hydroxylation is 1. The van der Waals surface area contributed by atoms with Crippen molar-refractivity contribution in [2.45, 2.75) is 26.3 Å². The minimum Gasteiger partial charge on any atom is -0.347 e. The third-order valence-corrected chi connectivity index (χ3v) is 3.60. The number of aromatic nitrogens is 2. The highest BCUT2D eigenvalue weighted by atomic mass is 79.9. The molecule has 0 aliphatic carbocycles. The number of nitrogens with zero attached hydrogens (tertiary/aromatic N) is 1. The quantitative estimate of drug-likeness (QED) is 0.878. The van der Waals surface area contributed by atoms with E-state index in [1.54, 1.807) is 12.1 Å². The molecule has 0 atom stereocenters. The highest BCUT2D eigenvalue weighted by Gasteiger charge is 2.11. The van der Waals surface area contributed by atoms with Gasteiger partial charge in [-0.1, -0.05) is 29.3 Å². The summed E-state index contributed by atoms with van der Waals surface area (Å²) in [4.78, 5) is 11.9. The number of carbonyl (C=O) groups is 1. The second kappa shape index (κ2) is 6.65. The first-order valence-corrected chi connectivity index (χ1v) is 7.16. The van der Waals surface area contributed by atoms with Crippen LogP contribution in [0.2, 0.25) is 0 Å². The van der Waals surface area contributed by atoms with E-state index in [4.69, 9.17) is 0 Å². The van der Waals surface area contributed by atoms with E-state index in [1.807, 2.05) is 0 Å². The normalized spacial score (nSPS) is 10.6. The van der Waals surface area contributed by atoms with Crippen molar-refractivity contribution < 1.29 is 9.18 Å². The predicted molar refractivity (Wildman–Crippen MR) is 77.9 cm³/mol. The van der Waals surface area contributed by atoms with E-state index < -0.39 is 0 Å². The van der Waals surface area contributed by atoms with Gasteiger partial charge in [0.25, 0.3) is 5.91 Å². The largest absolute Gasteiger partial charge is 0.347 e. The lowest BCUT2D eigenvalue weighted by molar-refractivity contribution is 0.0945. The van der Waals surface area contributed by atoms with E-state index in [1.165, 1.54) is 12.1 Å². The minimum absolute atomic E-state index is 0.243. The molecule has 20 heavy (non-hydrogen) atoms. The molecule has 1 heterocycles. The van der Waals surface area contributed by atoms with Crippen LogP contribution in [0.4, 0.5) is 4.39 Å². The van der Waals surface area contributed by atoms with Crippen molar-refractivity contribution in [3.63, 3.8) is 0 Å². The zero-order chi connectivity index (χ0) is 14.5. The first-order chi connectivity index (χ1) is 9.60. The lowest BCUT2D eigenvalue weighted by Gasteiger charge is -2.05. The zero-order valence-electron chi connectivity index (χ0n) is 11.0. The van der Waals surface area contributed by atoms with Crippen LogP contribution in [0, 0.1) is 5.82 Å². The molecule has 6 heteroatoms. The number of nitrogens with one attached hydrogen (secondary N) is 2. The molecule has 4 nitrogen and oxygen atoms in total. The van der Waals surface area contributed by atoms with Crippen molar-refractivity contribution in [3.8, 4) is 0 Å². The molecular weight excluding hydrogens is 325 g/mol. The molecule has 0 aliphatic heterocycles. The molecule has 0 aliphatic rings. The van der Waals surface area contributed by atoms with Crippen LogP contribution in [-0.2, 0) is 13.0 Å². The molecule has 1 aromatic heterocycles.